The van der Waals surface area contributed by atoms with Gasteiger partial charge in [-0.05, 0) is 47.8 Å². The third-order valence-electron chi connectivity index (χ3n) is 7.13. The van der Waals surface area contributed by atoms with E-state index in [0.717, 1.165) is 63.1 Å². The van der Waals surface area contributed by atoms with Crippen molar-refractivity contribution < 1.29 is 4.74 Å². The molecule has 4 aromatic rings. The van der Waals surface area contributed by atoms with Crippen molar-refractivity contribution in [1.29, 1.82) is 0 Å². The molecule has 4 heterocycles. The van der Waals surface area contributed by atoms with E-state index >= 15 is 0 Å². The first-order chi connectivity index (χ1) is 16.8. The number of rotatable bonds is 0. The largest absolute Gasteiger partial charge is 0.439 e. The predicted molar refractivity (Wildman–Crippen MR) is 133 cm³/mol. The van der Waals surface area contributed by atoms with Gasteiger partial charge in [-0.1, -0.05) is 60.7 Å². The quantitative estimate of drug-likeness (QED) is 0.352. The fourth-order valence-electron chi connectivity index (χ4n) is 5.49. The molecule has 0 amide bonds. The van der Waals surface area contributed by atoms with Crippen LogP contribution in [0, 0.1) is 0 Å². The number of benzene rings is 3. The van der Waals surface area contributed by atoms with Crippen molar-refractivity contribution in [3.63, 3.8) is 0 Å². The van der Waals surface area contributed by atoms with Crippen LogP contribution in [-0.2, 0) is 6.42 Å². The Labute approximate surface area is 196 Å². The summed E-state index contributed by atoms with van der Waals surface area (Å²) >= 11 is 0. The minimum absolute atomic E-state index is 0.603. The minimum atomic E-state index is 0.603. The summed E-state index contributed by atoms with van der Waals surface area (Å²) in [6.45, 7) is 0. The van der Waals surface area contributed by atoms with Crippen molar-refractivity contribution in [2.75, 3.05) is 0 Å². The second kappa shape index (κ2) is 6.55. The number of aromatic nitrogens is 1. The standard InChI is InChI=1S/C30H19N3O/c1-4-19-16-20(5-1)34-26-15-13-18-11-10-17-12-14-25(31-27(17)28(18)32-26)24-9-3-8-23-22-7-2-6-21(19)29(22)33-30(23)24/h1-9,12-16,31H,10-11H2. The first kappa shape index (κ1) is 18.0. The molecule has 0 saturated heterocycles. The number of aryl methyl sites for hydroxylation is 1. The maximum atomic E-state index is 6.27. The van der Waals surface area contributed by atoms with Crippen LogP contribution in [0.2, 0.25) is 0 Å². The Morgan fingerprint density at radius 1 is 0.794 bits per heavy atom. The first-order valence-corrected chi connectivity index (χ1v) is 11.6. The maximum absolute atomic E-state index is 6.27. The molecule has 8 rings (SSSR count). The molecule has 0 radical (unpaired) electrons. The molecule has 0 saturated carbocycles. The molecule has 1 aromatic heterocycles. The number of nitrogens with zero attached hydrogens (tertiary/aromatic N) is 2. The Bertz CT molecular complexity index is 1760. The third kappa shape index (κ3) is 2.48. The van der Waals surface area contributed by atoms with Gasteiger partial charge < -0.3 is 10.1 Å². The van der Waals surface area contributed by atoms with E-state index in [1.807, 2.05) is 18.2 Å². The molecule has 34 heavy (non-hydrogen) atoms. The summed E-state index contributed by atoms with van der Waals surface area (Å²) in [6, 6.07) is 25.2. The molecule has 0 unspecified atom stereocenters. The normalized spacial score (nSPS) is 15.8. The lowest BCUT2D eigenvalue weighted by Crippen LogP contribution is -2.33. The Morgan fingerprint density at radius 2 is 1.68 bits per heavy atom. The van der Waals surface area contributed by atoms with Crippen molar-refractivity contribution in [2.24, 2.45) is 4.99 Å². The van der Waals surface area contributed by atoms with E-state index in [-0.39, 0.29) is 0 Å². The summed E-state index contributed by atoms with van der Waals surface area (Å²) < 4.78 is 6.27. The number of allylic oxidation sites excluding steroid dienone is 2. The average molecular weight is 438 g/mol. The number of fused-ring (bicyclic) bond motifs is 6. The summed E-state index contributed by atoms with van der Waals surface area (Å²) in [5.41, 5.74) is 11.1. The molecule has 0 spiro atoms. The summed E-state index contributed by atoms with van der Waals surface area (Å²) in [7, 11) is 0. The van der Waals surface area contributed by atoms with E-state index in [0.29, 0.717) is 5.88 Å². The predicted octanol–water partition coefficient (Wildman–Crippen LogP) is 5.41. The number of hydrogen-bond acceptors (Lipinski definition) is 4. The van der Waals surface area contributed by atoms with Crippen LogP contribution in [0.4, 0.5) is 5.69 Å². The van der Waals surface area contributed by atoms with Gasteiger partial charge in [-0.3, -0.25) is 0 Å². The number of hydrogen-bond donors (Lipinski definition) is 1. The van der Waals surface area contributed by atoms with Crippen LogP contribution in [0.15, 0.2) is 95.5 Å². The number of dihydropyridines is 1. The Morgan fingerprint density at radius 3 is 2.68 bits per heavy atom. The van der Waals surface area contributed by atoms with Crippen LogP contribution < -0.4 is 20.6 Å². The van der Waals surface area contributed by atoms with E-state index in [1.165, 1.54) is 22.3 Å². The van der Waals surface area contributed by atoms with Gasteiger partial charge in [-0.25, -0.2) is 9.98 Å². The Balaban J connectivity index is 1.50. The van der Waals surface area contributed by atoms with Crippen molar-refractivity contribution in [3.8, 4) is 33.9 Å². The molecule has 8 bridgehead atoms. The van der Waals surface area contributed by atoms with Crippen LogP contribution in [0.1, 0.15) is 17.7 Å². The SMILES string of the molecule is C1=CC2=c3cccc4c3=Nc3c(cccc3-4)-c3cccc(c3)Oc3ccc4c(n3)C(=C1CC4)N2. The molecular weight excluding hydrogens is 418 g/mol. The van der Waals surface area contributed by atoms with E-state index in [9.17, 15) is 0 Å². The van der Waals surface area contributed by atoms with Crippen LogP contribution in [0.5, 0.6) is 11.6 Å². The van der Waals surface area contributed by atoms with E-state index in [4.69, 9.17) is 14.7 Å². The zero-order chi connectivity index (χ0) is 22.2. The number of nitrogens with one attached hydrogen (secondary N) is 1. The molecule has 1 N–H and O–H groups in total. The van der Waals surface area contributed by atoms with Gasteiger partial charge in [0.05, 0.1) is 22.4 Å². The van der Waals surface area contributed by atoms with Crippen molar-refractivity contribution in [2.45, 2.75) is 12.8 Å². The summed E-state index contributed by atoms with van der Waals surface area (Å²) in [4.78, 5) is 10.2. The highest BCUT2D eigenvalue weighted by atomic mass is 16.5. The van der Waals surface area contributed by atoms with Crippen molar-refractivity contribution >= 4 is 17.1 Å². The second-order valence-electron chi connectivity index (χ2n) is 9.07. The van der Waals surface area contributed by atoms with Gasteiger partial charge in [0.1, 0.15) is 5.75 Å². The molecule has 4 nitrogen and oxygen atoms in total. The van der Waals surface area contributed by atoms with Crippen molar-refractivity contribution in [1.82, 2.24) is 10.3 Å². The lowest BCUT2D eigenvalue weighted by atomic mass is 9.90. The summed E-state index contributed by atoms with van der Waals surface area (Å²) in [6.07, 6.45) is 6.38. The number of pyridine rings is 1. The summed E-state index contributed by atoms with van der Waals surface area (Å²) in [5, 5.41) is 5.84. The zero-order valence-corrected chi connectivity index (χ0v) is 18.3. The smallest absolute Gasteiger partial charge is 0.219 e. The fourth-order valence-corrected chi connectivity index (χ4v) is 5.49. The molecule has 3 aliphatic heterocycles. The lowest BCUT2D eigenvalue weighted by molar-refractivity contribution is 0.462. The highest BCUT2D eigenvalue weighted by molar-refractivity contribution is 5.91. The maximum Gasteiger partial charge on any atom is 0.219 e. The molecule has 160 valence electrons. The molecule has 0 fully saturated rings. The van der Waals surface area contributed by atoms with Crippen LogP contribution in [0.25, 0.3) is 33.6 Å². The third-order valence-corrected chi connectivity index (χ3v) is 7.13. The molecular formula is C30H19N3O. The number of ether oxygens (including phenoxy) is 1. The molecule has 4 heteroatoms. The molecule has 1 aliphatic carbocycles. The average Bonchev–Trinajstić information content (AvgIpc) is 3.27. The van der Waals surface area contributed by atoms with E-state index in [2.05, 4.69) is 72.1 Å². The second-order valence-corrected chi connectivity index (χ2v) is 9.07. The highest BCUT2D eigenvalue weighted by Crippen LogP contribution is 2.42. The highest BCUT2D eigenvalue weighted by Gasteiger charge is 2.25. The van der Waals surface area contributed by atoms with Crippen LogP contribution in [0.3, 0.4) is 0 Å². The van der Waals surface area contributed by atoms with Gasteiger partial charge in [0, 0.05) is 33.7 Å². The van der Waals surface area contributed by atoms with E-state index in [1.54, 1.807) is 0 Å². The monoisotopic (exact) mass is 437 g/mol. The van der Waals surface area contributed by atoms with Gasteiger partial charge in [0.25, 0.3) is 0 Å². The lowest BCUT2D eigenvalue weighted by Gasteiger charge is -2.26. The van der Waals surface area contributed by atoms with Gasteiger partial charge in [0.2, 0.25) is 5.88 Å². The Hall–Kier alpha value is -4.44. The molecule has 3 aromatic carbocycles. The number of para-hydroxylation sites is 2. The zero-order valence-electron chi connectivity index (χ0n) is 18.3. The fraction of sp³-hybridized carbons (Fsp3) is 0.0667. The first-order valence-electron chi connectivity index (χ1n) is 11.6. The van der Waals surface area contributed by atoms with E-state index < -0.39 is 0 Å². The van der Waals surface area contributed by atoms with Crippen LogP contribution in [-0.4, -0.2) is 4.98 Å². The van der Waals surface area contributed by atoms with Gasteiger partial charge in [-0.2, -0.15) is 0 Å². The van der Waals surface area contributed by atoms with Gasteiger partial charge in [-0.15, -0.1) is 0 Å². The Kier molecular flexibility index (Phi) is 3.47. The molecule has 4 aliphatic rings. The topological polar surface area (TPSA) is 46.5 Å². The minimum Gasteiger partial charge on any atom is -0.439 e. The van der Waals surface area contributed by atoms with Gasteiger partial charge >= 0.3 is 0 Å². The summed E-state index contributed by atoms with van der Waals surface area (Å²) in [5.74, 6) is 1.37. The van der Waals surface area contributed by atoms with Gasteiger partial charge in [0.15, 0.2) is 0 Å². The van der Waals surface area contributed by atoms with Crippen molar-refractivity contribution in [3.05, 3.63) is 112 Å². The molecule has 0 atom stereocenters. The van der Waals surface area contributed by atoms with Crippen LogP contribution >= 0.6 is 0 Å².